The molecule has 0 atom stereocenters. The summed E-state index contributed by atoms with van der Waals surface area (Å²) in [6.07, 6.45) is 0.992. The smallest absolute Gasteiger partial charge is 0.191 e. The summed E-state index contributed by atoms with van der Waals surface area (Å²) in [5.41, 5.74) is 3.56. The van der Waals surface area contributed by atoms with Gasteiger partial charge in [0.25, 0.3) is 0 Å². The van der Waals surface area contributed by atoms with E-state index in [1.165, 1.54) is 16.1 Å². The lowest BCUT2D eigenvalue weighted by molar-refractivity contribution is 0.800. The number of aliphatic imine (C=N–C) groups is 1. The number of hydrogen-bond acceptors (Lipinski definition) is 3. The largest absolute Gasteiger partial charge is 0.357 e. The van der Waals surface area contributed by atoms with Gasteiger partial charge in [0, 0.05) is 11.9 Å². The lowest BCUT2D eigenvalue weighted by atomic mass is 10.1. The van der Waals surface area contributed by atoms with E-state index in [2.05, 4.69) is 71.0 Å². The molecule has 0 saturated heterocycles. The van der Waals surface area contributed by atoms with E-state index in [1.807, 2.05) is 0 Å². The van der Waals surface area contributed by atoms with Gasteiger partial charge in [0.2, 0.25) is 0 Å². The summed E-state index contributed by atoms with van der Waals surface area (Å²) >= 11 is 1.71. The Labute approximate surface area is 136 Å². The van der Waals surface area contributed by atoms with Crippen LogP contribution in [0.2, 0.25) is 0 Å². The Morgan fingerprint density at radius 2 is 2.14 bits per heavy atom. The maximum absolute atomic E-state index is 4.64. The summed E-state index contributed by atoms with van der Waals surface area (Å²) in [6.45, 7) is 8.52. The van der Waals surface area contributed by atoms with Gasteiger partial charge in [-0.05, 0) is 25.8 Å². The molecule has 4 nitrogen and oxygen atoms in total. The van der Waals surface area contributed by atoms with Crippen LogP contribution < -0.4 is 10.6 Å². The van der Waals surface area contributed by atoms with E-state index < -0.39 is 0 Å². The number of aryl methyl sites for hydroxylation is 2. The molecule has 1 aromatic heterocycles. The molecule has 0 aliphatic rings. The first kappa shape index (κ1) is 16.5. The molecule has 2 N–H and O–H groups in total. The molecule has 0 bridgehead atoms. The number of hydrogen-bond donors (Lipinski definition) is 2. The Balaban J connectivity index is 1.94. The average molecular weight is 316 g/mol. The van der Waals surface area contributed by atoms with Gasteiger partial charge in [-0.2, -0.15) is 0 Å². The van der Waals surface area contributed by atoms with Gasteiger partial charge in [-0.3, -0.25) is 0 Å². The van der Waals surface area contributed by atoms with Crippen molar-refractivity contribution in [3.05, 3.63) is 51.5 Å². The Hall–Kier alpha value is -1.88. The molecule has 5 heteroatoms. The predicted octanol–water partition coefficient (Wildman–Crippen LogP) is 3.27. The molecule has 0 spiro atoms. The number of rotatable bonds is 6. The minimum Gasteiger partial charge on any atom is -0.357 e. The molecule has 2 aromatic rings. The molecular weight excluding hydrogens is 292 g/mol. The zero-order valence-corrected chi connectivity index (χ0v) is 14.3. The zero-order valence-electron chi connectivity index (χ0n) is 13.5. The Morgan fingerprint density at radius 1 is 1.27 bits per heavy atom. The third-order valence-electron chi connectivity index (χ3n) is 3.19. The van der Waals surface area contributed by atoms with Gasteiger partial charge in [-0.15, -0.1) is 11.3 Å². The van der Waals surface area contributed by atoms with Gasteiger partial charge >= 0.3 is 0 Å². The summed E-state index contributed by atoms with van der Waals surface area (Å²) < 4.78 is 0. The van der Waals surface area contributed by atoms with Crippen molar-refractivity contribution < 1.29 is 0 Å². The molecule has 0 unspecified atom stereocenters. The van der Waals surface area contributed by atoms with Gasteiger partial charge in [0.15, 0.2) is 5.96 Å². The van der Waals surface area contributed by atoms with Crippen LogP contribution in [0, 0.1) is 6.92 Å². The Kier molecular flexibility index (Phi) is 6.40. The Bertz CT molecular complexity index is 619. The molecular formula is C17H24N4S. The molecule has 0 amide bonds. The number of nitrogens with one attached hydrogen (secondary N) is 2. The van der Waals surface area contributed by atoms with Crippen LogP contribution in [0.25, 0.3) is 0 Å². The summed E-state index contributed by atoms with van der Waals surface area (Å²) in [6, 6.07) is 8.45. The highest BCUT2D eigenvalue weighted by Crippen LogP contribution is 2.09. The maximum Gasteiger partial charge on any atom is 0.191 e. The van der Waals surface area contributed by atoms with Gasteiger partial charge in [0.05, 0.1) is 23.8 Å². The lowest BCUT2D eigenvalue weighted by Crippen LogP contribution is -2.36. The first-order valence-electron chi connectivity index (χ1n) is 7.72. The van der Waals surface area contributed by atoms with E-state index in [4.69, 9.17) is 0 Å². The molecule has 0 saturated carbocycles. The number of benzene rings is 1. The van der Waals surface area contributed by atoms with E-state index in [0.29, 0.717) is 13.1 Å². The molecule has 2 rings (SSSR count). The summed E-state index contributed by atoms with van der Waals surface area (Å²) in [5.74, 6) is 0.829. The van der Waals surface area contributed by atoms with Gasteiger partial charge in [0.1, 0.15) is 0 Å². The number of thiazole rings is 1. The molecule has 1 heterocycles. The standard InChI is InChI=1S/C17H24N4S/c1-4-16-21-15(12-22-16)11-20-17(18-5-2)19-10-14-8-6-7-13(3)9-14/h6-9,12H,4-5,10-11H2,1-3H3,(H2,18,19,20). The highest BCUT2D eigenvalue weighted by atomic mass is 32.1. The second kappa shape index (κ2) is 8.54. The molecule has 0 aliphatic carbocycles. The van der Waals surface area contributed by atoms with Crippen molar-refractivity contribution in [1.82, 2.24) is 15.6 Å². The highest BCUT2D eigenvalue weighted by molar-refractivity contribution is 7.09. The SMILES string of the molecule is CCNC(=NCc1cccc(C)c1)NCc1csc(CC)n1. The summed E-state index contributed by atoms with van der Waals surface area (Å²) in [7, 11) is 0. The van der Waals surface area contributed by atoms with Crippen molar-refractivity contribution in [3.8, 4) is 0 Å². The molecule has 22 heavy (non-hydrogen) atoms. The first-order chi connectivity index (χ1) is 10.7. The second-order valence-electron chi connectivity index (χ2n) is 5.12. The van der Waals surface area contributed by atoms with Crippen LogP contribution in [-0.4, -0.2) is 17.5 Å². The zero-order chi connectivity index (χ0) is 15.8. The van der Waals surface area contributed by atoms with Gasteiger partial charge < -0.3 is 10.6 Å². The third-order valence-corrected chi connectivity index (χ3v) is 4.23. The molecule has 1 aromatic carbocycles. The highest BCUT2D eigenvalue weighted by Gasteiger charge is 2.02. The van der Waals surface area contributed by atoms with Crippen LogP contribution in [-0.2, 0) is 19.5 Å². The fourth-order valence-electron chi connectivity index (χ4n) is 2.09. The second-order valence-corrected chi connectivity index (χ2v) is 6.07. The molecule has 118 valence electrons. The first-order valence-corrected chi connectivity index (χ1v) is 8.60. The van der Waals surface area contributed by atoms with Crippen LogP contribution in [0.5, 0.6) is 0 Å². The van der Waals surface area contributed by atoms with Crippen molar-refractivity contribution in [2.75, 3.05) is 6.54 Å². The average Bonchev–Trinajstić information content (AvgIpc) is 2.98. The lowest BCUT2D eigenvalue weighted by Gasteiger charge is -2.10. The normalized spacial score (nSPS) is 11.5. The van der Waals surface area contributed by atoms with E-state index in [-0.39, 0.29) is 0 Å². The van der Waals surface area contributed by atoms with Crippen molar-refractivity contribution in [1.29, 1.82) is 0 Å². The van der Waals surface area contributed by atoms with Crippen molar-refractivity contribution in [2.24, 2.45) is 4.99 Å². The number of nitrogens with zero attached hydrogens (tertiary/aromatic N) is 2. The number of aromatic nitrogens is 1. The third kappa shape index (κ3) is 5.15. The van der Waals surface area contributed by atoms with Crippen LogP contribution in [0.4, 0.5) is 0 Å². The monoisotopic (exact) mass is 316 g/mol. The fraction of sp³-hybridized carbons (Fsp3) is 0.412. The molecule has 0 fully saturated rings. The van der Waals surface area contributed by atoms with E-state index >= 15 is 0 Å². The van der Waals surface area contributed by atoms with E-state index in [9.17, 15) is 0 Å². The topological polar surface area (TPSA) is 49.3 Å². The summed E-state index contributed by atoms with van der Waals surface area (Å²) in [5, 5.41) is 9.90. The molecule has 0 aliphatic heterocycles. The number of guanidine groups is 1. The van der Waals surface area contributed by atoms with Crippen molar-refractivity contribution in [2.45, 2.75) is 40.3 Å². The van der Waals surface area contributed by atoms with Crippen LogP contribution >= 0.6 is 11.3 Å². The Morgan fingerprint density at radius 3 is 2.82 bits per heavy atom. The van der Waals surface area contributed by atoms with Gasteiger partial charge in [-0.25, -0.2) is 9.98 Å². The minimum absolute atomic E-state index is 0.675. The fourth-order valence-corrected chi connectivity index (χ4v) is 2.83. The van der Waals surface area contributed by atoms with Crippen LogP contribution in [0.1, 0.15) is 35.7 Å². The van der Waals surface area contributed by atoms with Crippen LogP contribution in [0.15, 0.2) is 34.6 Å². The minimum atomic E-state index is 0.675. The quantitative estimate of drug-likeness (QED) is 0.635. The van der Waals surface area contributed by atoms with Crippen molar-refractivity contribution in [3.63, 3.8) is 0 Å². The molecule has 0 radical (unpaired) electrons. The summed E-state index contributed by atoms with van der Waals surface area (Å²) in [4.78, 5) is 9.20. The van der Waals surface area contributed by atoms with Gasteiger partial charge in [-0.1, -0.05) is 36.8 Å². The maximum atomic E-state index is 4.64. The van der Waals surface area contributed by atoms with Crippen LogP contribution in [0.3, 0.4) is 0 Å². The van der Waals surface area contributed by atoms with E-state index in [1.54, 1.807) is 11.3 Å². The van der Waals surface area contributed by atoms with E-state index in [0.717, 1.165) is 24.6 Å². The predicted molar refractivity (Wildman–Crippen MR) is 94.3 cm³/mol. The van der Waals surface area contributed by atoms with Crippen molar-refractivity contribution >= 4 is 17.3 Å².